The van der Waals surface area contributed by atoms with E-state index in [2.05, 4.69) is 31.3 Å². The summed E-state index contributed by atoms with van der Waals surface area (Å²) in [5.74, 6) is 1.32. The first-order valence-corrected chi connectivity index (χ1v) is 9.17. The number of rotatable bonds is 6. The normalized spacial score (nSPS) is 20.6. The van der Waals surface area contributed by atoms with Crippen LogP contribution >= 0.6 is 0 Å². The van der Waals surface area contributed by atoms with Crippen LogP contribution in [0.5, 0.6) is 5.75 Å². The Labute approximate surface area is 150 Å². The Balaban J connectivity index is 1.66. The highest BCUT2D eigenvalue weighted by Gasteiger charge is 2.26. The van der Waals surface area contributed by atoms with Crippen LogP contribution in [0.4, 0.5) is 4.39 Å². The maximum Gasteiger partial charge on any atom is 0.123 e. The van der Waals surface area contributed by atoms with Crippen molar-refractivity contribution in [3.63, 3.8) is 0 Å². The Morgan fingerprint density at radius 1 is 1.00 bits per heavy atom. The summed E-state index contributed by atoms with van der Waals surface area (Å²) in [4.78, 5) is 0. The van der Waals surface area contributed by atoms with Crippen LogP contribution in [0, 0.1) is 11.7 Å². The zero-order valence-electron chi connectivity index (χ0n) is 15.4. The van der Waals surface area contributed by atoms with Gasteiger partial charge >= 0.3 is 0 Å². The van der Waals surface area contributed by atoms with E-state index in [1.807, 2.05) is 31.3 Å². The average molecular weight is 341 g/mol. The molecule has 0 spiro atoms. The molecule has 134 valence electrons. The Morgan fingerprint density at radius 3 is 2.20 bits per heavy atom. The maximum atomic E-state index is 13.2. The van der Waals surface area contributed by atoms with Gasteiger partial charge in [-0.25, -0.2) is 4.39 Å². The van der Waals surface area contributed by atoms with Gasteiger partial charge < -0.3 is 10.1 Å². The van der Waals surface area contributed by atoms with Crippen LogP contribution < -0.4 is 10.1 Å². The van der Waals surface area contributed by atoms with E-state index in [1.165, 1.54) is 37.0 Å². The summed E-state index contributed by atoms with van der Waals surface area (Å²) in [5.41, 5.74) is 2.13. The van der Waals surface area contributed by atoms with Crippen molar-refractivity contribution in [3.8, 4) is 5.75 Å². The summed E-state index contributed by atoms with van der Waals surface area (Å²) < 4.78 is 19.2. The first-order valence-electron chi connectivity index (χ1n) is 9.17. The van der Waals surface area contributed by atoms with Crippen LogP contribution in [0.1, 0.15) is 44.2 Å². The van der Waals surface area contributed by atoms with E-state index in [0.717, 1.165) is 17.9 Å². The minimum absolute atomic E-state index is 0.172. The molecule has 1 saturated carbocycles. The van der Waals surface area contributed by atoms with Crippen molar-refractivity contribution in [2.24, 2.45) is 5.92 Å². The molecule has 3 rings (SSSR count). The predicted molar refractivity (Wildman–Crippen MR) is 101 cm³/mol. The van der Waals surface area contributed by atoms with Crippen molar-refractivity contribution in [2.75, 3.05) is 13.7 Å². The first-order chi connectivity index (χ1) is 12.0. The summed E-state index contributed by atoms with van der Waals surface area (Å²) in [5, 5.41) is 3.39. The van der Waals surface area contributed by atoms with Crippen LogP contribution in [0.2, 0.25) is 0 Å². The third-order valence-corrected chi connectivity index (χ3v) is 5.64. The zero-order chi connectivity index (χ0) is 17.9. The smallest absolute Gasteiger partial charge is 0.123 e. The van der Waals surface area contributed by atoms with E-state index >= 15 is 0 Å². The molecule has 3 heteroatoms. The highest BCUT2D eigenvalue weighted by atomic mass is 19.1. The summed E-state index contributed by atoms with van der Waals surface area (Å²) in [6, 6.07) is 15.7. The van der Waals surface area contributed by atoms with Gasteiger partial charge in [-0.15, -0.1) is 0 Å². The largest absolute Gasteiger partial charge is 0.493 e. The van der Waals surface area contributed by atoms with Gasteiger partial charge in [-0.05, 0) is 55.3 Å². The van der Waals surface area contributed by atoms with Gasteiger partial charge in [0.05, 0.1) is 6.61 Å². The molecule has 0 heterocycles. The second-order valence-electron chi connectivity index (χ2n) is 7.55. The third kappa shape index (κ3) is 4.04. The van der Waals surface area contributed by atoms with Crippen LogP contribution in [0.25, 0.3) is 0 Å². The molecule has 0 amide bonds. The molecule has 2 atom stereocenters. The molecule has 2 aromatic rings. The standard InChI is InChI=1S/C22H28FNO/c1-22(2,17-7-11-19(23)12-8-17)18-9-13-20(14-10-18)25-15-16-5-4-6-21(16)24-3/h7-14,16,21,24H,4-6,15H2,1-3H3. The lowest BCUT2D eigenvalue weighted by molar-refractivity contribution is 0.229. The van der Waals surface area contributed by atoms with Gasteiger partial charge in [0.2, 0.25) is 0 Å². The van der Waals surface area contributed by atoms with Crippen molar-refractivity contribution >= 4 is 0 Å². The van der Waals surface area contributed by atoms with E-state index < -0.39 is 0 Å². The lowest BCUT2D eigenvalue weighted by atomic mass is 9.78. The van der Waals surface area contributed by atoms with Crippen LogP contribution in [-0.4, -0.2) is 19.7 Å². The van der Waals surface area contributed by atoms with Gasteiger partial charge in [-0.2, -0.15) is 0 Å². The highest BCUT2D eigenvalue weighted by molar-refractivity contribution is 5.40. The second-order valence-corrected chi connectivity index (χ2v) is 7.55. The number of halogens is 1. The molecule has 0 radical (unpaired) electrons. The fraction of sp³-hybridized carbons (Fsp3) is 0.455. The van der Waals surface area contributed by atoms with Gasteiger partial charge in [0.25, 0.3) is 0 Å². The zero-order valence-corrected chi connectivity index (χ0v) is 15.4. The number of nitrogens with one attached hydrogen (secondary N) is 1. The monoisotopic (exact) mass is 341 g/mol. The molecule has 1 aliphatic rings. The lowest BCUT2D eigenvalue weighted by Gasteiger charge is -2.26. The summed E-state index contributed by atoms with van der Waals surface area (Å²) >= 11 is 0. The Kier molecular flexibility index (Phi) is 5.43. The van der Waals surface area contributed by atoms with Gasteiger partial charge in [0.15, 0.2) is 0 Å². The molecule has 1 aliphatic carbocycles. The Bertz CT molecular complexity index is 678. The SMILES string of the molecule is CNC1CCCC1COc1ccc(C(C)(C)c2ccc(F)cc2)cc1. The van der Waals surface area contributed by atoms with Crippen LogP contribution in [0.15, 0.2) is 48.5 Å². The van der Waals surface area contributed by atoms with Crippen molar-refractivity contribution in [2.45, 2.75) is 44.6 Å². The quantitative estimate of drug-likeness (QED) is 0.805. The molecule has 2 aromatic carbocycles. The lowest BCUT2D eigenvalue weighted by Crippen LogP contribution is -2.32. The molecule has 2 nitrogen and oxygen atoms in total. The van der Waals surface area contributed by atoms with Crippen LogP contribution in [0.3, 0.4) is 0 Å². The van der Waals surface area contributed by atoms with E-state index in [0.29, 0.717) is 12.0 Å². The number of ether oxygens (including phenoxy) is 1. The van der Waals surface area contributed by atoms with Gasteiger partial charge in [0, 0.05) is 17.4 Å². The fourth-order valence-corrected chi connectivity index (χ4v) is 3.82. The molecular weight excluding hydrogens is 313 g/mol. The van der Waals surface area contributed by atoms with Crippen LogP contribution in [-0.2, 0) is 5.41 Å². The molecule has 0 bridgehead atoms. The summed E-state index contributed by atoms with van der Waals surface area (Å²) in [6.45, 7) is 5.09. The second kappa shape index (κ2) is 7.57. The highest BCUT2D eigenvalue weighted by Crippen LogP contribution is 2.33. The van der Waals surface area contributed by atoms with E-state index in [1.54, 1.807) is 0 Å². The Morgan fingerprint density at radius 2 is 1.60 bits per heavy atom. The number of hydrogen-bond acceptors (Lipinski definition) is 2. The van der Waals surface area contributed by atoms with Crippen molar-refractivity contribution < 1.29 is 9.13 Å². The summed E-state index contributed by atoms with van der Waals surface area (Å²) in [7, 11) is 2.04. The molecular formula is C22H28FNO. The minimum Gasteiger partial charge on any atom is -0.493 e. The predicted octanol–water partition coefficient (Wildman–Crippen LogP) is 4.92. The third-order valence-electron chi connectivity index (χ3n) is 5.64. The van der Waals surface area contributed by atoms with Gasteiger partial charge in [-0.3, -0.25) is 0 Å². The molecule has 25 heavy (non-hydrogen) atoms. The number of hydrogen-bond donors (Lipinski definition) is 1. The molecule has 2 unspecified atom stereocenters. The molecule has 0 aliphatic heterocycles. The van der Waals surface area contributed by atoms with Crippen molar-refractivity contribution in [1.29, 1.82) is 0 Å². The van der Waals surface area contributed by atoms with Crippen molar-refractivity contribution in [3.05, 3.63) is 65.5 Å². The van der Waals surface area contributed by atoms with E-state index in [4.69, 9.17) is 4.74 Å². The number of benzene rings is 2. The topological polar surface area (TPSA) is 21.3 Å². The van der Waals surface area contributed by atoms with E-state index in [9.17, 15) is 4.39 Å². The average Bonchev–Trinajstić information content (AvgIpc) is 3.08. The van der Waals surface area contributed by atoms with Gasteiger partial charge in [-0.1, -0.05) is 44.5 Å². The first kappa shape index (κ1) is 17.9. The maximum absolute atomic E-state index is 13.2. The molecule has 0 saturated heterocycles. The fourth-order valence-electron chi connectivity index (χ4n) is 3.82. The van der Waals surface area contributed by atoms with Gasteiger partial charge in [0.1, 0.15) is 11.6 Å². The van der Waals surface area contributed by atoms with E-state index in [-0.39, 0.29) is 11.2 Å². The Hall–Kier alpha value is -1.87. The minimum atomic E-state index is -0.199. The molecule has 1 N–H and O–H groups in total. The molecule has 1 fully saturated rings. The summed E-state index contributed by atoms with van der Waals surface area (Å²) in [6.07, 6.45) is 3.76. The van der Waals surface area contributed by atoms with Crippen molar-refractivity contribution in [1.82, 2.24) is 5.32 Å². The molecule has 0 aromatic heterocycles.